The van der Waals surface area contributed by atoms with E-state index >= 15 is 0 Å². The first-order valence-electron chi connectivity index (χ1n) is 12.3. The molecule has 2 atom stereocenters. The molecular weight excluding hydrogens is 494 g/mol. The minimum Gasteiger partial charge on any atom is -0.497 e. The maximum absolute atomic E-state index is 13.4. The van der Waals surface area contributed by atoms with Crippen LogP contribution in [0.5, 0.6) is 11.5 Å². The second-order valence-corrected chi connectivity index (χ2v) is 10.9. The molecule has 2 aromatic rings. The van der Waals surface area contributed by atoms with Gasteiger partial charge in [0.25, 0.3) is 0 Å². The summed E-state index contributed by atoms with van der Waals surface area (Å²) in [6, 6.07) is 13.4. The number of amides is 2. The third-order valence-corrected chi connectivity index (χ3v) is 7.37. The molecule has 1 N–H and O–H groups in total. The maximum Gasteiger partial charge on any atom is 0.242 e. The number of carbonyl (C=O) groups excluding carboxylic acids is 2. The van der Waals surface area contributed by atoms with Gasteiger partial charge in [-0.3, -0.25) is 13.9 Å². The molecule has 2 rings (SSSR count). The van der Waals surface area contributed by atoms with Crippen LogP contribution in [0.15, 0.2) is 48.5 Å². The summed E-state index contributed by atoms with van der Waals surface area (Å²) >= 11 is 0. The van der Waals surface area contributed by atoms with Crippen LogP contribution in [0.25, 0.3) is 0 Å². The number of methoxy groups -OCH3 is 2. The Hall–Kier alpha value is -3.27. The number of ether oxygens (including phenoxy) is 2. The van der Waals surface area contributed by atoms with Gasteiger partial charge < -0.3 is 19.7 Å². The van der Waals surface area contributed by atoms with Crippen molar-refractivity contribution in [3.8, 4) is 11.5 Å². The second-order valence-electron chi connectivity index (χ2n) is 8.97. The molecular formula is C27H39N3O6S. The van der Waals surface area contributed by atoms with Crippen LogP contribution in [0.4, 0.5) is 5.69 Å². The van der Waals surface area contributed by atoms with E-state index in [1.54, 1.807) is 50.4 Å². The third kappa shape index (κ3) is 8.66. The molecule has 0 fully saturated rings. The number of para-hydroxylation sites is 2. The standard InChI is InChI=1S/C27H39N3O6S/c1-7-20(2)28-27(32)21(3)29(19-22-14-16-23(35-4)17-15-22)26(31)13-10-18-30(37(6,33)34)24-11-8-9-12-25(24)36-5/h8-9,11-12,14-17,20-21H,7,10,13,18-19H2,1-6H3,(H,28,32)/t20-,21+/m0/s1. The minimum atomic E-state index is -3.62. The van der Waals surface area contributed by atoms with Gasteiger partial charge in [-0.1, -0.05) is 31.2 Å². The Morgan fingerprint density at radius 2 is 1.65 bits per heavy atom. The summed E-state index contributed by atoms with van der Waals surface area (Å²) in [5.41, 5.74) is 1.26. The third-order valence-electron chi connectivity index (χ3n) is 6.19. The SMILES string of the molecule is CC[C@H](C)NC(=O)[C@@H](C)N(Cc1ccc(OC)cc1)C(=O)CCCN(c1ccccc1OC)S(C)(=O)=O. The van der Waals surface area contributed by atoms with Crippen molar-refractivity contribution in [2.24, 2.45) is 0 Å². The Bertz CT molecular complexity index is 1140. The Morgan fingerprint density at radius 3 is 2.22 bits per heavy atom. The van der Waals surface area contributed by atoms with Gasteiger partial charge in [0.1, 0.15) is 17.5 Å². The zero-order valence-corrected chi connectivity index (χ0v) is 23.4. The van der Waals surface area contributed by atoms with Crippen LogP contribution in [0, 0.1) is 0 Å². The van der Waals surface area contributed by atoms with Gasteiger partial charge in [-0.15, -0.1) is 0 Å². The summed E-state index contributed by atoms with van der Waals surface area (Å²) < 4.78 is 36.9. The molecule has 0 radical (unpaired) electrons. The van der Waals surface area contributed by atoms with Gasteiger partial charge in [-0.05, 0) is 56.5 Å². The lowest BCUT2D eigenvalue weighted by molar-refractivity contribution is -0.140. The Morgan fingerprint density at radius 1 is 1.00 bits per heavy atom. The molecule has 0 heterocycles. The van der Waals surface area contributed by atoms with E-state index in [2.05, 4.69) is 5.32 Å². The summed E-state index contributed by atoms with van der Waals surface area (Å²) in [6.07, 6.45) is 2.23. The van der Waals surface area contributed by atoms with Crippen LogP contribution < -0.4 is 19.1 Å². The first-order chi connectivity index (χ1) is 17.5. The quantitative estimate of drug-likeness (QED) is 0.398. The number of nitrogens with zero attached hydrogens (tertiary/aromatic N) is 2. The molecule has 0 aromatic heterocycles. The van der Waals surface area contributed by atoms with E-state index in [9.17, 15) is 18.0 Å². The van der Waals surface area contributed by atoms with Crippen molar-refractivity contribution in [2.45, 2.75) is 58.7 Å². The van der Waals surface area contributed by atoms with Crippen molar-refractivity contribution in [1.29, 1.82) is 0 Å². The molecule has 37 heavy (non-hydrogen) atoms. The van der Waals surface area contributed by atoms with Crippen LogP contribution in [0.2, 0.25) is 0 Å². The number of nitrogens with one attached hydrogen (secondary N) is 1. The topological polar surface area (TPSA) is 105 Å². The monoisotopic (exact) mass is 533 g/mol. The molecule has 9 nitrogen and oxygen atoms in total. The van der Waals surface area contributed by atoms with Crippen molar-refractivity contribution in [1.82, 2.24) is 10.2 Å². The van der Waals surface area contributed by atoms with E-state index < -0.39 is 16.1 Å². The first kappa shape index (κ1) is 30.0. The number of carbonyl (C=O) groups is 2. The van der Waals surface area contributed by atoms with Gasteiger partial charge >= 0.3 is 0 Å². The largest absolute Gasteiger partial charge is 0.497 e. The van der Waals surface area contributed by atoms with Crippen molar-refractivity contribution >= 4 is 27.5 Å². The van der Waals surface area contributed by atoms with Crippen molar-refractivity contribution in [2.75, 3.05) is 31.3 Å². The van der Waals surface area contributed by atoms with Gasteiger partial charge in [0, 0.05) is 25.6 Å². The highest BCUT2D eigenvalue weighted by Gasteiger charge is 2.27. The van der Waals surface area contributed by atoms with E-state index in [0.717, 1.165) is 18.2 Å². The number of hydrogen-bond donors (Lipinski definition) is 1. The lowest BCUT2D eigenvalue weighted by atomic mass is 10.1. The van der Waals surface area contributed by atoms with Gasteiger partial charge in [0.05, 0.1) is 26.2 Å². The molecule has 0 aliphatic carbocycles. The molecule has 0 unspecified atom stereocenters. The number of benzene rings is 2. The molecule has 204 valence electrons. The minimum absolute atomic E-state index is 0.0166. The van der Waals surface area contributed by atoms with Gasteiger partial charge in [0.15, 0.2) is 0 Å². The van der Waals surface area contributed by atoms with E-state index in [-0.39, 0.29) is 43.8 Å². The highest BCUT2D eigenvalue weighted by molar-refractivity contribution is 7.92. The molecule has 0 bridgehead atoms. The average molecular weight is 534 g/mol. The molecule has 0 aliphatic rings. The Labute approximate surface area is 220 Å². The summed E-state index contributed by atoms with van der Waals surface area (Å²) in [5, 5.41) is 2.94. The van der Waals surface area contributed by atoms with E-state index in [4.69, 9.17) is 9.47 Å². The molecule has 10 heteroatoms. The maximum atomic E-state index is 13.4. The van der Waals surface area contributed by atoms with E-state index in [1.807, 2.05) is 26.0 Å². The van der Waals surface area contributed by atoms with Crippen molar-refractivity contribution < 1.29 is 27.5 Å². The highest BCUT2D eigenvalue weighted by atomic mass is 32.2. The normalized spacial score (nSPS) is 12.8. The zero-order valence-electron chi connectivity index (χ0n) is 22.6. The predicted molar refractivity (Wildman–Crippen MR) is 145 cm³/mol. The zero-order chi connectivity index (χ0) is 27.6. The van der Waals surface area contributed by atoms with Crippen molar-refractivity contribution in [3.63, 3.8) is 0 Å². The summed E-state index contributed by atoms with van der Waals surface area (Å²) in [4.78, 5) is 27.8. The number of anilines is 1. The van der Waals surface area contributed by atoms with Crippen LogP contribution >= 0.6 is 0 Å². The fraction of sp³-hybridized carbons (Fsp3) is 0.481. The van der Waals surface area contributed by atoms with Gasteiger partial charge in [-0.2, -0.15) is 0 Å². The van der Waals surface area contributed by atoms with Crippen molar-refractivity contribution in [3.05, 3.63) is 54.1 Å². The average Bonchev–Trinajstić information content (AvgIpc) is 2.88. The second kappa shape index (κ2) is 13.9. The smallest absolute Gasteiger partial charge is 0.242 e. The highest BCUT2D eigenvalue weighted by Crippen LogP contribution is 2.29. The predicted octanol–water partition coefficient (Wildman–Crippen LogP) is 3.58. The van der Waals surface area contributed by atoms with Crippen LogP contribution in [0.3, 0.4) is 0 Å². The summed E-state index contributed by atoms with van der Waals surface area (Å²) in [6.45, 7) is 5.93. The van der Waals surface area contributed by atoms with E-state index in [0.29, 0.717) is 17.2 Å². The number of sulfonamides is 1. The molecule has 0 saturated heterocycles. The molecule has 0 saturated carbocycles. The van der Waals surface area contributed by atoms with Crippen LogP contribution in [0.1, 0.15) is 45.6 Å². The summed E-state index contributed by atoms with van der Waals surface area (Å²) in [7, 11) is -0.559. The number of rotatable bonds is 14. The lowest BCUT2D eigenvalue weighted by Gasteiger charge is -2.30. The Kier molecular flexibility index (Phi) is 11.2. The van der Waals surface area contributed by atoms with Gasteiger partial charge in [0.2, 0.25) is 21.8 Å². The fourth-order valence-corrected chi connectivity index (χ4v) is 4.76. The first-order valence-corrected chi connectivity index (χ1v) is 14.2. The fourth-order valence-electron chi connectivity index (χ4n) is 3.79. The molecule has 2 amide bonds. The van der Waals surface area contributed by atoms with Crippen LogP contribution in [-0.2, 0) is 26.2 Å². The van der Waals surface area contributed by atoms with Crippen LogP contribution in [-0.4, -0.2) is 64.2 Å². The van der Waals surface area contributed by atoms with E-state index in [1.165, 1.54) is 16.3 Å². The Balaban J connectivity index is 2.20. The summed E-state index contributed by atoms with van der Waals surface area (Å²) in [5.74, 6) is 0.649. The lowest BCUT2D eigenvalue weighted by Crippen LogP contribution is -2.49. The number of hydrogen-bond acceptors (Lipinski definition) is 6. The molecule has 0 aliphatic heterocycles. The molecule has 0 spiro atoms. The van der Waals surface area contributed by atoms with Gasteiger partial charge in [-0.25, -0.2) is 8.42 Å². The molecule has 2 aromatic carbocycles.